The lowest BCUT2D eigenvalue weighted by atomic mass is 9.92. The molecule has 0 amide bonds. The fourth-order valence-electron chi connectivity index (χ4n) is 2.22. The summed E-state index contributed by atoms with van der Waals surface area (Å²) in [6.45, 7) is 6.25. The van der Waals surface area contributed by atoms with Crippen LogP contribution in [-0.4, -0.2) is 17.6 Å². The van der Waals surface area contributed by atoms with Crippen molar-refractivity contribution in [3.8, 4) is 0 Å². The lowest BCUT2D eigenvalue weighted by molar-refractivity contribution is -0.146. The molecule has 1 unspecified atom stereocenters. The van der Waals surface area contributed by atoms with E-state index in [1.165, 1.54) is 0 Å². The van der Waals surface area contributed by atoms with Gasteiger partial charge >= 0.3 is 5.97 Å². The second-order valence-corrected chi connectivity index (χ2v) is 4.90. The fourth-order valence-corrected chi connectivity index (χ4v) is 2.22. The van der Waals surface area contributed by atoms with Gasteiger partial charge in [0.1, 0.15) is 5.92 Å². The molecule has 2 rings (SSSR count). The molecule has 0 N–H and O–H groups in total. The molecular formula is C16H19NO2. The predicted octanol–water partition coefficient (Wildman–Crippen LogP) is 3.54. The molecule has 0 fully saturated rings. The number of esters is 1. The van der Waals surface area contributed by atoms with Crippen molar-refractivity contribution in [2.24, 2.45) is 5.92 Å². The highest BCUT2D eigenvalue weighted by Gasteiger charge is 2.26. The Bertz CT molecular complexity index is 578. The van der Waals surface area contributed by atoms with Crippen LogP contribution in [0.15, 0.2) is 36.4 Å². The minimum atomic E-state index is -0.301. The number of para-hydroxylation sites is 1. The number of carbonyl (C=O) groups excluding carboxylic acids is 1. The molecule has 19 heavy (non-hydrogen) atoms. The summed E-state index contributed by atoms with van der Waals surface area (Å²) in [6, 6.07) is 11.8. The second kappa shape index (κ2) is 5.83. The molecule has 1 aromatic carbocycles. The first-order chi connectivity index (χ1) is 9.13. The lowest BCUT2D eigenvalue weighted by Gasteiger charge is -2.18. The van der Waals surface area contributed by atoms with Crippen LogP contribution in [0.4, 0.5) is 0 Å². The molecule has 0 aliphatic rings. The molecule has 0 saturated heterocycles. The van der Waals surface area contributed by atoms with Gasteiger partial charge in [-0.25, -0.2) is 0 Å². The van der Waals surface area contributed by atoms with Crippen LogP contribution in [-0.2, 0) is 9.53 Å². The molecule has 1 aromatic heterocycles. The van der Waals surface area contributed by atoms with Crippen LogP contribution >= 0.6 is 0 Å². The Labute approximate surface area is 113 Å². The SMILES string of the molecule is CCOC(=O)C(c1ccc2ccccc2n1)C(C)C. The fraction of sp³-hybridized carbons (Fsp3) is 0.375. The Morgan fingerprint density at radius 3 is 2.63 bits per heavy atom. The summed E-state index contributed by atoms with van der Waals surface area (Å²) in [4.78, 5) is 16.7. The van der Waals surface area contributed by atoms with Crippen LogP contribution in [0.25, 0.3) is 10.9 Å². The van der Waals surface area contributed by atoms with E-state index in [0.717, 1.165) is 16.6 Å². The van der Waals surface area contributed by atoms with Crippen LogP contribution in [0.1, 0.15) is 32.4 Å². The first kappa shape index (κ1) is 13.5. The Hall–Kier alpha value is -1.90. The smallest absolute Gasteiger partial charge is 0.315 e. The van der Waals surface area contributed by atoms with E-state index in [-0.39, 0.29) is 17.8 Å². The van der Waals surface area contributed by atoms with Crippen molar-refractivity contribution in [1.82, 2.24) is 4.98 Å². The number of pyridine rings is 1. The Balaban J connectivity index is 2.41. The van der Waals surface area contributed by atoms with Crippen molar-refractivity contribution < 1.29 is 9.53 Å². The first-order valence-electron chi connectivity index (χ1n) is 6.65. The van der Waals surface area contributed by atoms with E-state index in [4.69, 9.17) is 4.74 Å². The molecular weight excluding hydrogens is 238 g/mol. The quantitative estimate of drug-likeness (QED) is 0.786. The third-order valence-electron chi connectivity index (χ3n) is 3.15. The summed E-state index contributed by atoms with van der Waals surface area (Å²) in [5.74, 6) is -0.336. The first-order valence-corrected chi connectivity index (χ1v) is 6.65. The average Bonchev–Trinajstić information content (AvgIpc) is 2.38. The van der Waals surface area contributed by atoms with Gasteiger partial charge in [0, 0.05) is 5.39 Å². The summed E-state index contributed by atoms with van der Waals surface area (Å²) in [5.41, 5.74) is 1.70. The van der Waals surface area contributed by atoms with Gasteiger partial charge in [0.05, 0.1) is 17.8 Å². The van der Waals surface area contributed by atoms with Crippen molar-refractivity contribution in [1.29, 1.82) is 0 Å². The van der Waals surface area contributed by atoms with Crippen LogP contribution in [0.3, 0.4) is 0 Å². The van der Waals surface area contributed by atoms with E-state index in [2.05, 4.69) is 4.98 Å². The van der Waals surface area contributed by atoms with Crippen molar-refractivity contribution >= 4 is 16.9 Å². The van der Waals surface area contributed by atoms with Crippen LogP contribution in [0, 0.1) is 5.92 Å². The van der Waals surface area contributed by atoms with E-state index < -0.39 is 0 Å². The highest BCUT2D eigenvalue weighted by Crippen LogP contribution is 2.26. The highest BCUT2D eigenvalue weighted by molar-refractivity contribution is 5.82. The van der Waals surface area contributed by atoms with Gasteiger partial charge in [0.25, 0.3) is 0 Å². The van der Waals surface area contributed by atoms with E-state index in [0.29, 0.717) is 6.61 Å². The normalized spacial score (nSPS) is 12.6. The number of ether oxygens (including phenoxy) is 1. The number of rotatable bonds is 4. The number of hydrogen-bond donors (Lipinski definition) is 0. The minimum Gasteiger partial charge on any atom is -0.465 e. The zero-order valence-electron chi connectivity index (χ0n) is 11.6. The number of hydrogen-bond acceptors (Lipinski definition) is 3. The lowest BCUT2D eigenvalue weighted by Crippen LogP contribution is -2.21. The molecule has 0 aliphatic heterocycles. The van der Waals surface area contributed by atoms with Crippen molar-refractivity contribution in [2.45, 2.75) is 26.7 Å². The maximum absolute atomic E-state index is 12.1. The molecule has 0 bridgehead atoms. The van der Waals surface area contributed by atoms with Gasteiger partial charge < -0.3 is 4.74 Å². The molecule has 3 nitrogen and oxygen atoms in total. The standard InChI is InChI=1S/C16H19NO2/c1-4-19-16(18)15(11(2)3)14-10-9-12-7-5-6-8-13(12)17-14/h5-11,15H,4H2,1-3H3. The van der Waals surface area contributed by atoms with Gasteiger partial charge in [-0.3, -0.25) is 9.78 Å². The summed E-state index contributed by atoms with van der Waals surface area (Å²) in [7, 11) is 0. The van der Waals surface area contributed by atoms with Crippen molar-refractivity contribution in [3.05, 3.63) is 42.1 Å². The number of carbonyl (C=O) groups is 1. The topological polar surface area (TPSA) is 39.2 Å². The van der Waals surface area contributed by atoms with E-state index in [9.17, 15) is 4.79 Å². The van der Waals surface area contributed by atoms with E-state index >= 15 is 0 Å². The largest absolute Gasteiger partial charge is 0.465 e. The predicted molar refractivity (Wildman–Crippen MR) is 76.0 cm³/mol. The Kier molecular flexibility index (Phi) is 4.15. The highest BCUT2D eigenvalue weighted by atomic mass is 16.5. The molecule has 1 atom stereocenters. The minimum absolute atomic E-state index is 0.160. The van der Waals surface area contributed by atoms with E-state index in [1.807, 2.05) is 57.2 Å². The van der Waals surface area contributed by atoms with Crippen LogP contribution < -0.4 is 0 Å². The van der Waals surface area contributed by atoms with Crippen molar-refractivity contribution in [3.63, 3.8) is 0 Å². The van der Waals surface area contributed by atoms with Gasteiger partial charge in [-0.2, -0.15) is 0 Å². The van der Waals surface area contributed by atoms with Crippen LogP contribution in [0.2, 0.25) is 0 Å². The molecule has 100 valence electrons. The Morgan fingerprint density at radius 1 is 1.21 bits per heavy atom. The van der Waals surface area contributed by atoms with E-state index in [1.54, 1.807) is 0 Å². The molecule has 0 radical (unpaired) electrons. The van der Waals surface area contributed by atoms with Gasteiger partial charge in [-0.15, -0.1) is 0 Å². The Morgan fingerprint density at radius 2 is 1.95 bits per heavy atom. The third kappa shape index (κ3) is 2.92. The molecule has 0 spiro atoms. The number of benzene rings is 1. The molecule has 0 saturated carbocycles. The van der Waals surface area contributed by atoms with Crippen molar-refractivity contribution in [2.75, 3.05) is 6.61 Å². The van der Waals surface area contributed by atoms with Gasteiger partial charge in [0.2, 0.25) is 0 Å². The molecule has 0 aliphatic carbocycles. The average molecular weight is 257 g/mol. The van der Waals surface area contributed by atoms with Crippen LogP contribution in [0.5, 0.6) is 0 Å². The molecule has 1 heterocycles. The third-order valence-corrected chi connectivity index (χ3v) is 3.15. The maximum atomic E-state index is 12.1. The second-order valence-electron chi connectivity index (χ2n) is 4.90. The van der Waals surface area contributed by atoms with Gasteiger partial charge in [-0.1, -0.05) is 38.1 Å². The zero-order chi connectivity index (χ0) is 13.8. The molecule has 3 heteroatoms. The monoisotopic (exact) mass is 257 g/mol. The van der Waals surface area contributed by atoms with Gasteiger partial charge in [-0.05, 0) is 25.0 Å². The summed E-state index contributed by atoms with van der Waals surface area (Å²) in [5, 5.41) is 1.08. The summed E-state index contributed by atoms with van der Waals surface area (Å²) >= 11 is 0. The zero-order valence-corrected chi connectivity index (χ0v) is 11.6. The number of nitrogens with zero attached hydrogens (tertiary/aromatic N) is 1. The number of aromatic nitrogens is 1. The number of fused-ring (bicyclic) bond motifs is 1. The maximum Gasteiger partial charge on any atom is 0.315 e. The van der Waals surface area contributed by atoms with Gasteiger partial charge in [0.15, 0.2) is 0 Å². The summed E-state index contributed by atoms with van der Waals surface area (Å²) in [6.07, 6.45) is 0. The molecule has 2 aromatic rings. The summed E-state index contributed by atoms with van der Waals surface area (Å²) < 4.78 is 5.15.